The molecule has 0 aliphatic rings. The van der Waals surface area contributed by atoms with Crippen LogP contribution in [-0.4, -0.2) is 23.1 Å². The lowest BCUT2D eigenvalue weighted by Crippen LogP contribution is -2.34. The smallest absolute Gasteiger partial charge is 0.139 e. The van der Waals surface area contributed by atoms with Gasteiger partial charge in [-0.15, -0.1) is 0 Å². The van der Waals surface area contributed by atoms with Crippen molar-refractivity contribution in [3.8, 4) is 0 Å². The standard InChI is InChI=1S/C15H25N3S/c1-10(2)8-18(9-11(3)4)15-13(14(16)19)7-6-12(5)17-15/h6-7,10-11H,8-9H2,1-5H3,(H2,16,19). The average molecular weight is 279 g/mol. The molecule has 0 fully saturated rings. The largest absolute Gasteiger partial charge is 0.389 e. The molecule has 0 saturated carbocycles. The van der Waals surface area contributed by atoms with Gasteiger partial charge in [0.15, 0.2) is 0 Å². The van der Waals surface area contributed by atoms with Crippen LogP contribution in [-0.2, 0) is 0 Å². The zero-order valence-corrected chi connectivity index (χ0v) is 13.4. The number of thiocarbonyl (C=S) groups is 1. The van der Waals surface area contributed by atoms with Gasteiger partial charge in [0.2, 0.25) is 0 Å². The average Bonchev–Trinajstić information content (AvgIpc) is 2.26. The summed E-state index contributed by atoms with van der Waals surface area (Å²) in [4.78, 5) is 7.38. The molecule has 0 atom stereocenters. The van der Waals surface area contributed by atoms with Crippen molar-refractivity contribution in [2.45, 2.75) is 34.6 Å². The zero-order chi connectivity index (χ0) is 14.6. The second-order valence-corrected chi connectivity index (χ2v) is 6.32. The molecule has 0 saturated heterocycles. The first-order chi connectivity index (χ1) is 8.81. The minimum Gasteiger partial charge on any atom is -0.389 e. The molecule has 19 heavy (non-hydrogen) atoms. The molecule has 0 amide bonds. The zero-order valence-electron chi connectivity index (χ0n) is 12.6. The van der Waals surface area contributed by atoms with Gasteiger partial charge in [-0.1, -0.05) is 39.9 Å². The molecular formula is C15H25N3S. The SMILES string of the molecule is Cc1ccc(C(N)=S)c(N(CC(C)C)CC(C)C)n1. The molecule has 106 valence electrons. The van der Waals surface area contributed by atoms with E-state index < -0.39 is 0 Å². The lowest BCUT2D eigenvalue weighted by Gasteiger charge is -2.29. The van der Waals surface area contributed by atoms with Gasteiger partial charge in [-0.25, -0.2) is 4.98 Å². The maximum atomic E-state index is 5.83. The predicted octanol–water partition coefficient (Wildman–Crippen LogP) is 3.14. The Morgan fingerprint density at radius 2 is 1.74 bits per heavy atom. The Morgan fingerprint density at radius 1 is 1.21 bits per heavy atom. The molecule has 1 heterocycles. The van der Waals surface area contributed by atoms with Crippen molar-refractivity contribution < 1.29 is 0 Å². The predicted molar refractivity (Wildman–Crippen MR) is 86.8 cm³/mol. The highest BCUT2D eigenvalue weighted by molar-refractivity contribution is 7.80. The first kappa shape index (κ1) is 15.9. The summed E-state index contributed by atoms with van der Waals surface area (Å²) in [7, 11) is 0. The molecule has 1 rings (SSSR count). The Balaban J connectivity index is 3.18. The maximum absolute atomic E-state index is 5.83. The highest BCUT2D eigenvalue weighted by Gasteiger charge is 2.17. The second-order valence-electron chi connectivity index (χ2n) is 5.88. The summed E-state index contributed by atoms with van der Waals surface area (Å²) >= 11 is 5.15. The highest BCUT2D eigenvalue weighted by atomic mass is 32.1. The molecular weight excluding hydrogens is 254 g/mol. The summed E-state index contributed by atoms with van der Waals surface area (Å²) in [6.45, 7) is 12.8. The molecule has 4 heteroatoms. The number of hydrogen-bond acceptors (Lipinski definition) is 3. The van der Waals surface area contributed by atoms with Crippen LogP contribution in [0.15, 0.2) is 12.1 Å². The topological polar surface area (TPSA) is 42.1 Å². The summed E-state index contributed by atoms with van der Waals surface area (Å²) in [5, 5.41) is 0. The lowest BCUT2D eigenvalue weighted by atomic mass is 10.1. The monoisotopic (exact) mass is 279 g/mol. The van der Waals surface area contributed by atoms with Crippen LogP contribution in [0.1, 0.15) is 39.0 Å². The molecule has 0 aliphatic heterocycles. The molecule has 0 spiro atoms. The Bertz CT molecular complexity index is 431. The van der Waals surface area contributed by atoms with Gasteiger partial charge in [0, 0.05) is 18.8 Å². The van der Waals surface area contributed by atoms with Crippen molar-refractivity contribution in [1.82, 2.24) is 4.98 Å². The van der Waals surface area contributed by atoms with E-state index in [0.717, 1.165) is 30.2 Å². The van der Waals surface area contributed by atoms with Crippen LogP contribution in [0.5, 0.6) is 0 Å². The number of nitrogens with two attached hydrogens (primary N) is 1. The summed E-state index contributed by atoms with van der Waals surface area (Å²) in [6, 6.07) is 3.94. The maximum Gasteiger partial charge on any atom is 0.139 e. The van der Waals surface area contributed by atoms with E-state index >= 15 is 0 Å². The van der Waals surface area contributed by atoms with Crippen LogP contribution >= 0.6 is 12.2 Å². The van der Waals surface area contributed by atoms with E-state index in [1.807, 2.05) is 19.1 Å². The summed E-state index contributed by atoms with van der Waals surface area (Å²) < 4.78 is 0. The van der Waals surface area contributed by atoms with Gasteiger partial charge < -0.3 is 10.6 Å². The number of anilines is 1. The number of hydrogen-bond donors (Lipinski definition) is 1. The normalized spacial score (nSPS) is 11.1. The molecule has 0 radical (unpaired) electrons. The molecule has 3 nitrogen and oxygen atoms in total. The number of pyridine rings is 1. The Hall–Kier alpha value is -1.16. The molecule has 0 aliphatic carbocycles. The van der Waals surface area contributed by atoms with Crippen LogP contribution in [0, 0.1) is 18.8 Å². The van der Waals surface area contributed by atoms with E-state index in [9.17, 15) is 0 Å². The Labute approximate surface area is 122 Å². The van der Waals surface area contributed by atoms with Gasteiger partial charge in [0.1, 0.15) is 10.8 Å². The van der Waals surface area contributed by atoms with Gasteiger partial charge in [0.25, 0.3) is 0 Å². The summed E-state index contributed by atoms with van der Waals surface area (Å²) in [5.74, 6) is 2.07. The van der Waals surface area contributed by atoms with E-state index in [-0.39, 0.29) is 0 Å². The summed E-state index contributed by atoms with van der Waals surface area (Å²) in [6.07, 6.45) is 0. The van der Waals surface area contributed by atoms with Crippen molar-refractivity contribution >= 4 is 23.0 Å². The van der Waals surface area contributed by atoms with Crippen molar-refractivity contribution in [3.05, 3.63) is 23.4 Å². The van der Waals surface area contributed by atoms with Crippen molar-refractivity contribution in [1.29, 1.82) is 0 Å². The molecule has 2 N–H and O–H groups in total. The molecule has 1 aromatic rings. The van der Waals surface area contributed by atoms with Gasteiger partial charge in [-0.3, -0.25) is 0 Å². The second kappa shape index (κ2) is 6.85. The quantitative estimate of drug-likeness (QED) is 0.812. The number of rotatable bonds is 6. The van der Waals surface area contributed by atoms with Crippen LogP contribution in [0.4, 0.5) is 5.82 Å². The van der Waals surface area contributed by atoms with Gasteiger partial charge >= 0.3 is 0 Å². The fourth-order valence-corrected chi connectivity index (χ4v) is 2.26. The lowest BCUT2D eigenvalue weighted by molar-refractivity contribution is 0.548. The van der Waals surface area contributed by atoms with Crippen LogP contribution in [0.25, 0.3) is 0 Å². The Morgan fingerprint density at radius 3 is 2.16 bits per heavy atom. The van der Waals surface area contributed by atoms with Crippen LogP contribution < -0.4 is 10.6 Å². The van der Waals surface area contributed by atoms with Gasteiger partial charge in [0.05, 0.1) is 5.56 Å². The van der Waals surface area contributed by atoms with Gasteiger partial charge in [-0.2, -0.15) is 0 Å². The number of nitrogens with zero attached hydrogens (tertiary/aromatic N) is 2. The fourth-order valence-electron chi connectivity index (χ4n) is 2.11. The van der Waals surface area contributed by atoms with Crippen molar-refractivity contribution in [2.75, 3.05) is 18.0 Å². The summed E-state index contributed by atoms with van der Waals surface area (Å²) in [5.41, 5.74) is 7.70. The minimum atomic E-state index is 0.417. The first-order valence-electron chi connectivity index (χ1n) is 6.83. The highest BCUT2D eigenvalue weighted by Crippen LogP contribution is 2.21. The molecule has 1 aromatic heterocycles. The van der Waals surface area contributed by atoms with E-state index in [0.29, 0.717) is 16.8 Å². The third-order valence-corrected chi connectivity index (χ3v) is 2.97. The van der Waals surface area contributed by atoms with Gasteiger partial charge in [-0.05, 0) is 30.9 Å². The number of aromatic nitrogens is 1. The van der Waals surface area contributed by atoms with E-state index in [1.165, 1.54) is 0 Å². The third kappa shape index (κ3) is 4.78. The Kier molecular flexibility index (Phi) is 5.73. The van der Waals surface area contributed by atoms with Crippen LogP contribution in [0.2, 0.25) is 0 Å². The van der Waals surface area contributed by atoms with E-state index in [2.05, 4.69) is 37.6 Å². The fraction of sp³-hybridized carbons (Fsp3) is 0.600. The third-order valence-electron chi connectivity index (χ3n) is 2.75. The first-order valence-corrected chi connectivity index (χ1v) is 7.24. The molecule has 0 unspecified atom stereocenters. The van der Waals surface area contributed by atoms with E-state index in [1.54, 1.807) is 0 Å². The van der Waals surface area contributed by atoms with Crippen LogP contribution in [0.3, 0.4) is 0 Å². The van der Waals surface area contributed by atoms with Crippen molar-refractivity contribution in [2.24, 2.45) is 17.6 Å². The molecule has 0 aromatic carbocycles. The molecule has 0 bridgehead atoms. The minimum absolute atomic E-state index is 0.417. The van der Waals surface area contributed by atoms with Crippen molar-refractivity contribution in [3.63, 3.8) is 0 Å². The van der Waals surface area contributed by atoms with E-state index in [4.69, 9.17) is 18.0 Å². The number of aryl methyl sites for hydroxylation is 1.